The van der Waals surface area contributed by atoms with Crippen LogP contribution in [0, 0.1) is 0 Å². The summed E-state index contributed by atoms with van der Waals surface area (Å²) in [6.45, 7) is 0. The number of benzene rings is 1. The van der Waals surface area contributed by atoms with E-state index in [9.17, 15) is 4.79 Å². The van der Waals surface area contributed by atoms with Crippen LogP contribution >= 0.6 is 0 Å². The van der Waals surface area contributed by atoms with E-state index in [1.165, 1.54) is 0 Å². The third-order valence-electron chi connectivity index (χ3n) is 0.936. The third kappa shape index (κ3) is 2.50. The van der Waals surface area contributed by atoms with Crippen molar-refractivity contribution in [2.24, 2.45) is 0 Å². The molecule has 0 atom stereocenters. The second-order valence-electron chi connectivity index (χ2n) is 1.53. The monoisotopic (exact) mass is 113 g/mol. The van der Waals surface area contributed by atoms with Crippen LogP contribution in [0.2, 0.25) is 0 Å². The number of hydrogen-bond acceptors (Lipinski definition) is 1. The summed E-state index contributed by atoms with van der Waals surface area (Å²) in [5.41, 5.74) is 0.729. The van der Waals surface area contributed by atoms with Gasteiger partial charge in [-0.25, -0.2) is 0 Å². The van der Waals surface area contributed by atoms with Crippen LogP contribution in [-0.2, 0) is 0 Å². The van der Waals surface area contributed by atoms with Crippen molar-refractivity contribution < 1.29 is 4.79 Å². The minimum absolute atomic E-state index is 0. The van der Waals surface area contributed by atoms with Gasteiger partial charge in [-0.3, -0.25) is 4.79 Å². The summed E-state index contributed by atoms with van der Waals surface area (Å²) in [6.07, 6.45) is 0.833. The van der Waals surface area contributed by atoms with Crippen molar-refractivity contribution in [2.45, 2.75) is 0 Å². The third-order valence-corrected chi connectivity index (χ3v) is 0.936. The van der Waals surface area contributed by atoms with Crippen LogP contribution in [-0.4, -0.2) is 25.1 Å². The predicted octanol–water partition coefficient (Wildman–Crippen LogP) is 1.12. The summed E-state index contributed by atoms with van der Waals surface area (Å²) in [7, 11) is 0. The SMILES string of the molecule is O=Cc1ccccc1.[Li]. The fourth-order valence-corrected chi connectivity index (χ4v) is 0.532. The summed E-state index contributed by atoms with van der Waals surface area (Å²) < 4.78 is 0. The minimum atomic E-state index is 0. The van der Waals surface area contributed by atoms with Gasteiger partial charge in [-0.15, -0.1) is 0 Å². The van der Waals surface area contributed by atoms with Crippen LogP contribution < -0.4 is 0 Å². The van der Waals surface area contributed by atoms with Gasteiger partial charge in [0.25, 0.3) is 0 Å². The predicted molar refractivity (Wildman–Crippen MR) is 37.6 cm³/mol. The van der Waals surface area contributed by atoms with Gasteiger partial charge in [0.2, 0.25) is 0 Å². The van der Waals surface area contributed by atoms with E-state index in [0.717, 1.165) is 11.8 Å². The van der Waals surface area contributed by atoms with E-state index in [-0.39, 0.29) is 18.9 Å². The molecule has 1 aromatic carbocycles. The second-order valence-corrected chi connectivity index (χ2v) is 1.53. The van der Waals surface area contributed by atoms with E-state index >= 15 is 0 Å². The van der Waals surface area contributed by atoms with Crippen LogP contribution in [0.4, 0.5) is 0 Å². The molecule has 0 fully saturated rings. The van der Waals surface area contributed by atoms with Crippen molar-refractivity contribution in [1.82, 2.24) is 0 Å². The average molecular weight is 113 g/mol. The smallest absolute Gasteiger partial charge is 0.150 e. The van der Waals surface area contributed by atoms with Crippen molar-refractivity contribution in [3.8, 4) is 0 Å². The largest absolute Gasteiger partial charge is 0.298 e. The normalized spacial score (nSPS) is 7.56. The maximum absolute atomic E-state index is 10.0. The molecule has 0 amide bonds. The standard InChI is InChI=1S/C7H6O.Li/c8-6-7-4-2-1-3-5-7;/h1-6H;. The molecular weight excluding hydrogens is 107 g/mol. The van der Waals surface area contributed by atoms with E-state index in [1.807, 2.05) is 18.2 Å². The molecule has 0 aliphatic carbocycles. The average Bonchev–Trinajstić information content (AvgIpc) is 1.90. The molecule has 1 radical (unpaired) electrons. The van der Waals surface area contributed by atoms with Crippen LogP contribution in [0.1, 0.15) is 10.4 Å². The van der Waals surface area contributed by atoms with Crippen LogP contribution in [0.15, 0.2) is 30.3 Å². The fourth-order valence-electron chi connectivity index (χ4n) is 0.532. The first-order valence-electron chi connectivity index (χ1n) is 2.44. The molecule has 0 saturated heterocycles. The van der Waals surface area contributed by atoms with Gasteiger partial charge >= 0.3 is 0 Å². The number of aldehydes is 1. The Morgan fingerprint density at radius 2 is 1.67 bits per heavy atom. The van der Waals surface area contributed by atoms with Gasteiger partial charge in [-0.2, -0.15) is 0 Å². The summed E-state index contributed by atoms with van der Waals surface area (Å²) in [5.74, 6) is 0. The van der Waals surface area contributed by atoms with E-state index in [2.05, 4.69) is 0 Å². The van der Waals surface area contributed by atoms with Gasteiger partial charge in [0.05, 0.1) is 0 Å². The van der Waals surface area contributed by atoms with Gasteiger partial charge in [0.15, 0.2) is 0 Å². The Hall–Kier alpha value is -0.513. The minimum Gasteiger partial charge on any atom is -0.298 e. The molecule has 2 heteroatoms. The summed E-state index contributed by atoms with van der Waals surface area (Å²) in [4.78, 5) is 10.0. The number of carbonyl (C=O) groups excluding carboxylic acids is 1. The molecule has 0 aromatic heterocycles. The fraction of sp³-hybridized carbons (Fsp3) is 0. The van der Waals surface area contributed by atoms with Gasteiger partial charge in [-0.1, -0.05) is 30.3 Å². The number of carbonyl (C=O) groups is 1. The first-order chi connectivity index (χ1) is 3.93. The van der Waals surface area contributed by atoms with Crippen molar-refractivity contribution in [1.29, 1.82) is 0 Å². The van der Waals surface area contributed by atoms with Crippen molar-refractivity contribution in [3.63, 3.8) is 0 Å². The Morgan fingerprint density at radius 1 is 1.11 bits per heavy atom. The Labute approximate surface area is 66.3 Å². The molecule has 0 saturated carbocycles. The van der Waals surface area contributed by atoms with Gasteiger partial charge < -0.3 is 0 Å². The zero-order valence-electron chi connectivity index (χ0n) is 5.37. The van der Waals surface area contributed by atoms with Crippen molar-refractivity contribution in [2.75, 3.05) is 0 Å². The van der Waals surface area contributed by atoms with E-state index < -0.39 is 0 Å². The van der Waals surface area contributed by atoms with Crippen molar-refractivity contribution >= 4 is 25.1 Å². The molecule has 1 rings (SSSR count). The van der Waals surface area contributed by atoms with Crippen LogP contribution in [0.5, 0.6) is 0 Å². The molecule has 41 valence electrons. The van der Waals surface area contributed by atoms with E-state index in [0.29, 0.717) is 0 Å². The molecule has 0 bridgehead atoms. The van der Waals surface area contributed by atoms with E-state index in [1.54, 1.807) is 12.1 Å². The maximum atomic E-state index is 10.0. The zero-order chi connectivity index (χ0) is 5.82. The van der Waals surface area contributed by atoms with Crippen LogP contribution in [0.3, 0.4) is 0 Å². The molecule has 0 unspecified atom stereocenters. The second kappa shape index (κ2) is 4.37. The first-order valence-corrected chi connectivity index (χ1v) is 2.44. The molecule has 1 nitrogen and oxygen atoms in total. The molecule has 0 aliphatic heterocycles. The Morgan fingerprint density at radius 3 is 2.00 bits per heavy atom. The summed E-state index contributed by atoms with van der Waals surface area (Å²) >= 11 is 0. The maximum Gasteiger partial charge on any atom is 0.150 e. The summed E-state index contributed by atoms with van der Waals surface area (Å²) in [5, 5.41) is 0. The molecule has 1 aromatic rings. The van der Waals surface area contributed by atoms with Gasteiger partial charge in [-0.05, 0) is 0 Å². The molecule has 0 heterocycles. The van der Waals surface area contributed by atoms with Crippen molar-refractivity contribution in [3.05, 3.63) is 35.9 Å². The van der Waals surface area contributed by atoms with Crippen LogP contribution in [0.25, 0.3) is 0 Å². The quantitative estimate of drug-likeness (QED) is 0.394. The molecule has 0 N–H and O–H groups in total. The Balaban J connectivity index is 0.000000640. The van der Waals surface area contributed by atoms with Gasteiger partial charge in [0, 0.05) is 24.4 Å². The molecule has 0 aliphatic rings. The van der Waals surface area contributed by atoms with E-state index in [4.69, 9.17) is 0 Å². The number of hydrogen-bond donors (Lipinski definition) is 0. The first kappa shape index (κ1) is 8.49. The zero-order valence-corrected chi connectivity index (χ0v) is 5.37. The topological polar surface area (TPSA) is 17.1 Å². The molecule has 9 heavy (non-hydrogen) atoms. The Kier molecular flexibility index (Phi) is 4.13. The Bertz CT molecular complexity index is 172. The molecule has 0 spiro atoms. The summed E-state index contributed by atoms with van der Waals surface area (Å²) in [6, 6.07) is 9.10. The van der Waals surface area contributed by atoms with Gasteiger partial charge in [0.1, 0.15) is 6.29 Å². The number of rotatable bonds is 1. The molecular formula is C7H6LiO.